The molecule has 0 spiro atoms. The first kappa shape index (κ1) is 22.9. The van der Waals surface area contributed by atoms with E-state index in [2.05, 4.69) is 27.3 Å². The molecule has 2 radical (unpaired) electrons. The lowest BCUT2D eigenvalue weighted by Gasteiger charge is -2.18. The molecule has 0 bridgehead atoms. The molecule has 0 saturated heterocycles. The smallest absolute Gasteiger partial charge is 0.150 e. The second kappa shape index (κ2) is 10.1. The van der Waals surface area contributed by atoms with E-state index in [1.807, 2.05) is 42.5 Å². The molecule has 1 N–H and O–H groups in total. The van der Waals surface area contributed by atoms with E-state index in [0.29, 0.717) is 21.2 Å². The highest BCUT2D eigenvalue weighted by atomic mass is 35.5. The Hall–Kier alpha value is -2.25. The molecular weight excluding hydrogens is 463 g/mol. The van der Waals surface area contributed by atoms with Crippen LogP contribution in [0.3, 0.4) is 0 Å². The van der Waals surface area contributed by atoms with Crippen molar-refractivity contribution in [1.29, 1.82) is 0 Å². The first-order valence-electron chi connectivity index (χ1n) is 10.2. The van der Waals surface area contributed by atoms with Gasteiger partial charge in [-0.25, -0.2) is 4.98 Å². The van der Waals surface area contributed by atoms with Gasteiger partial charge in [0.25, 0.3) is 0 Å². The third kappa shape index (κ3) is 5.21. The normalized spacial score (nSPS) is 11.4. The number of nitrogens with zero attached hydrogens (tertiary/aromatic N) is 4. The van der Waals surface area contributed by atoms with Gasteiger partial charge < -0.3 is 10.2 Å². The number of anilines is 1. The van der Waals surface area contributed by atoms with Crippen LogP contribution in [0.25, 0.3) is 16.9 Å². The first-order chi connectivity index (χ1) is 15.4. The van der Waals surface area contributed by atoms with Gasteiger partial charge in [-0.15, -0.1) is 0 Å². The number of halogens is 3. The second-order valence-electron chi connectivity index (χ2n) is 7.60. The molecule has 5 nitrogen and oxygen atoms in total. The molecular formula is C23H21BCl3N5. The summed E-state index contributed by atoms with van der Waals surface area (Å²) in [6, 6.07) is 15.1. The summed E-state index contributed by atoms with van der Waals surface area (Å²) in [5.74, 6) is 0.808. The van der Waals surface area contributed by atoms with Gasteiger partial charge in [-0.1, -0.05) is 53.0 Å². The van der Waals surface area contributed by atoms with Gasteiger partial charge in [-0.3, -0.25) is 0 Å². The van der Waals surface area contributed by atoms with E-state index in [4.69, 9.17) is 42.6 Å². The Labute approximate surface area is 203 Å². The molecule has 0 fully saturated rings. The van der Waals surface area contributed by atoms with Crippen LogP contribution in [0.4, 0.5) is 5.82 Å². The third-order valence-corrected chi connectivity index (χ3v) is 6.05. The van der Waals surface area contributed by atoms with Gasteiger partial charge in [-0.05, 0) is 55.3 Å². The SMILES string of the molecule is [B]c1cnn2c(NCCCN(C)Cc3cc(Cl)ccc3Cl)cc(-c3ccccc3Cl)nc12. The number of benzene rings is 2. The highest BCUT2D eigenvalue weighted by Crippen LogP contribution is 2.28. The molecule has 0 aliphatic heterocycles. The summed E-state index contributed by atoms with van der Waals surface area (Å²) in [6.45, 7) is 2.35. The van der Waals surface area contributed by atoms with Crippen molar-refractivity contribution in [2.45, 2.75) is 13.0 Å². The van der Waals surface area contributed by atoms with Crippen LogP contribution >= 0.6 is 34.8 Å². The van der Waals surface area contributed by atoms with E-state index in [1.165, 1.54) is 0 Å². The minimum atomic E-state index is 0.514. The molecule has 0 saturated carbocycles. The molecule has 0 unspecified atom stereocenters. The van der Waals surface area contributed by atoms with Crippen LogP contribution in [0, 0.1) is 0 Å². The lowest BCUT2D eigenvalue weighted by Crippen LogP contribution is -2.22. The maximum absolute atomic E-state index is 6.39. The molecule has 0 aliphatic carbocycles. The summed E-state index contributed by atoms with van der Waals surface area (Å²) in [5, 5.41) is 9.86. The van der Waals surface area contributed by atoms with Crippen LogP contribution in [-0.2, 0) is 6.54 Å². The zero-order chi connectivity index (χ0) is 22.7. The van der Waals surface area contributed by atoms with E-state index < -0.39 is 0 Å². The standard InChI is InChI=1S/C23H21BCl3N5/c1-31(14-15-11-16(25)7-8-19(15)26)10-4-9-28-22-12-21(17-5-2-3-6-20(17)27)30-23-18(24)13-29-32(22)23/h2-3,5-8,11-13,28H,4,9-10,14H2,1H3. The van der Waals surface area contributed by atoms with Crippen molar-refractivity contribution in [2.75, 3.05) is 25.5 Å². The molecule has 32 heavy (non-hydrogen) atoms. The number of nitrogens with one attached hydrogen (secondary N) is 1. The van der Waals surface area contributed by atoms with Crippen molar-refractivity contribution in [3.8, 4) is 11.3 Å². The predicted octanol–water partition coefficient (Wildman–Crippen LogP) is 5.08. The maximum atomic E-state index is 6.39. The fourth-order valence-electron chi connectivity index (χ4n) is 3.51. The quantitative estimate of drug-likeness (QED) is 0.280. The number of fused-ring (bicyclic) bond motifs is 1. The van der Waals surface area contributed by atoms with Gasteiger partial charge in [0.2, 0.25) is 0 Å². The van der Waals surface area contributed by atoms with Crippen molar-refractivity contribution in [1.82, 2.24) is 19.5 Å². The summed E-state index contributed by atoms with van der Waals surface area (Å²) in [6.07, 6.45) is 2.52. The maximum Gasteiger partial charge on any atom is 0.150 e. The van der Waals surface area contributed by atoms with E-state index in [1.54, 1.807) is 16.8 Å². The van der Waals surface area contributed by atoms with Crippen LogP contribution in [0.1, 0.15) is 12.0 Å². The lowest BCUT2D eigenvalue weighted by atomic mass is 10.0. The highest BCUT2D eigenvalue weighted by Gasteiger charge is 2.12. The van der Waals surface area contributed by atoms with Crippen molar-refractivity contribution in [2.24, 2.45) is 0 Å². The Bertz CT molecular complexity index is 1240. The van der Waals surface area contributed by atoms with E-state index in [-0.39, 0.29) is 0 Å². The summed E-state index contributed by atoms with van der Waals surface area (Å²) in [5.41, 5.74) is 3.71. The van der Waals surface area contributed by atoms with Gasteiger partial charge in [0, 0.05) is 46.0 Å². The molecule has 2 heterocycles. The average molecular weight is 485 g/mol. The van der Waals surface area contributed by atoms with Gasteiger partial charge >= 0.3 is 0 Å². The zero-order valence-corrected chi connectivity index (χ0v) is 19.8. The molecule has 2 aromatic carbocycles. The van der Waals surface area contributed by atoms with Crippen molar-refractivity contribution in [3.05, 3.63) is 75.4 Å². The first-order valence-corrected chi connectivity index (χ1v) is 11.3. The van der Waals surface area contributed by atoms with E-state index in [9.17, 15) is 0 Å². The van der Waals surface area contributed by atoms with Crippen molar-refractivity contribution in [3.63, 3.8) is 0 Å². The molecule has 162 valence electrons. The third-order valence-electron chi connectivity index (χ3n) is 5.12. The zero-order valence-electron chi connectivity index (χ0n) is 17.5. The Kier molecular flexibility index (Phi) is 7.26. The molecule has 4 aromatic rings. The molecule has 0 aliphatic rings. The summed E-state index contributed by atoms with van der Waals surface area (Å²) < 4.78 is 1.71. The lowest BCUT2D eigenvalue weighted by molar-refractivity contribution is 0.325. The molecule has 0 atom stereocenters. The van der Waals surface area contributed by atoms with Gasteiger partial charge in [-0.2, -0.15) is 9.61 Å². The monoisotopic (exact) mass is 483 g/mol. The Morgan fingerprint density at radius 3 is 2.69 bits per heavy atom. The van der Waals surface area contributed by atoms with Crippen molar-refractivity contribution < 1.29 is 0 Å². The predicted molar refractivity (Wildman–Crippen MR) is 135 cm³/mol. The summed E-state index contributed by atoms with van der Waals surface area (Å²) in [7, 11) is 8.15. The average Bonchev–Trinajstić information content (AvgIpc) is 3.15. The fraction of sp³-hybridized carbons (Fsp3) is 0.217. The fourth-order valence-corrected chi connectivity index (χ4v) is 4.12. The van der Waals surface area contributed by atoms with Gasteiger partial charge in [0.1, 0.15) is 13.7 Å². The van der Waals surface area contributed by atoms with Crippen LogP contribution < -0.4 is 10.8 Å². The minimum Gasteiger partial charge on any atom is -0.370 e. The molecule has 2 aromatic heterocycles. The molecule has 9 heteroatoms. The highest BCUT2D eigenvalue weighted by molar-refractivity contribution is 6.36. The van der Waals surface area contributed by atoms with Gasteiger partial charge in [0.15, 0.2) is 5.65 Å². The van der Waals surface area contributed by atoms with Crippen LogP contribution in [0.15, 0.2) is 54.7 Å². The van der Waals surface area contributed by atoms with Crippen molar-refractivity contribution >= 4 is 59.6 Å². The van der Waals surface area contributed by atoms with E-state index >= 15 is 0 Å². The van der Waals surface area contributed by atoms with Crippen LogP contribution in [0.5, 0.6) is 0 Å². The Balaban J connectivity index is 1.44. The Morgan fingerprint density at radius 2 is 1.88 bits per heavy atom. The van der Waals surface area contributed by atoms with Crippen LogP contribution in [-0.4, -0.2) is 47.5 Å². The molecule has 4 rings (SSSR count). The Morgan fingerprint density at radius 1 is 1.06 bits per heavy atom. The van der Waals surface area contributed by atoms with Crippen LogP contribution in [0.2, 0.25) is 15.1 Å². The summed E-state index contributed by atoms with van der Waals surface area (Å²) in [4.78, 5) is 6.88. The van der Waals surface area contributed by atoms with E-state index in [0.717, 1.165) is 53.7 Å². The number of hydrogen-bond donors (Lipinski definition) is 1. The topological polar surface area (TPSA) is 45.5 Å². The number of hydrogen-bond acceptors (Lipinski definition) is 4. The number of aromatic nitrogens is 3. The van der Waals surface area contributed by atoms with Gasteiger partial charge in [0.05, 0.1) is 5.69 Å². The minimum absolute atomic E-state index is 0.514. The summed E-state index contributed by atoms with van der Waals surface area (Å²) >= 11 is 18.8. The largest absolute Gasteiger partial charge is 0.370 e. The second-order valence-corrected chi connectivity index (χ2v) is 8.85. The number of rotatable bonds is 8. The molecule has 0 amide bonds.